The van der Waals surface area contributed by atoms with Crippen LogP contribution in [0.15, 0.2) is 28.8 Å². The van der Waals surface area contributed by atoms with E-state index in [-0.39, 0.29) is 11.6 Å². The first-order chi connectivity index (χ1) is 12.5. The van der Waals surface area contributed by atoms with E-state index in [9.17, 15) is 4.79 Å². The van der Waals surface area contributed by atoms with Crippen LogP contribution in [-0.4, -0.2) is 57.4 Å². The molecule has 2 rings (SSSR count). The summed E-state index contributed by atoms with van der Waals surface area (Å²) >= 11 is 0. The minimum absolute atomic E-state index is 0.229. The number of methoxy groups -OCH3 is 2. The number of hydrogen-bond donors (Lipinski definition) is 1. The second-order valence-electron chi connectivity index (χ2n) is 6.27. The molecule has 0 fully saturated rings. The Balaban J connectivity index is 1.89. The van der Waals surface area contributed by atoms with Crippen LogP contribution < -0.4 is 14.8 Å². The average Bonchev–Trinajstić information content (AvgIpc) is 3.13. The number of nitrogens with zero attached hydrogens (tertiary/aromatic N) is 2. The van der Waals surface area contributed by atoms with E-state index in [1.54, 1.807) is 32.4 Å². The molecule has 0 bridgehead atoms. The summed E-state index contributed by atoms with van der Waals surface area (Å²) in [5.41, 5.74) is 1.03. The zero-order valence-corrected chi connectivity index (χ0v) is 15.9. The van der Waals surface area contributed by atoms with Gasteiger partial charge in [-0.15, -0.1) is 0 Å². The van der Waals surface area contributed by atoms with Gasteiger partial charge >= 0.3 is 0 Å². The molecule has 0 saturated heterocycles. The summed E-state index contributed by atoms with van der Waals surface area (Å²) < 4.78 is 15.8. The maximum atomic E-state index is 12.2. The van der Waals surface area contributed by atoms with Crippen LogP contribution in [0.3, 0.4) is 0 Å². The lowest BCUT2D eigenvalue weighted by Gasteiger charge is -2.08. The minimum Gasteiger partial charge on any atom is -0.493 e. The first kappa shape index (κ1) is 19.8. The average molecular weight is 361 g/mol. The molecule has 0 atom stereocenters. The smallest absolute Gasteiger partial charge is 0.273 e. The molecule has 0 radical (unpaired) electrons. The molecule has 1 amide bonds. The van der Waals surface area contributed by atoms with Gasteiger partial charge in [0, 0.05) is 18.2 Å². The zero-order valence-electron chi connectivity index (χ0n) is 15.9. The van der Waals surface area contributed by atoms with Crippen molar-refractivity contribution in [3.63, 3.8) is 0 Å². The summed E-state index contributed by atoms with van der Waals surface area (Å²) in [6.45, 7) is 1.69. The van der Waals surface area contributed by atoms with Gasteiger partial charge in [-0.3, -0.25) is 4.79 Å². The predicted molar refractivity (Wildman–Crippen MR) is 99.8 cm³/mol. The molecular weight excluding hydrogens is 334 g/mol. The number of ether oxygens (including phenoxy) is 2. The van der Waals surface area contributed by atoms with Crippen molar-refractivity contribution >= 4 is 5.91 Å². The second-order valence-corrected chi connectivity index (χ2v) is 6.27. The number of carbonyl (C=O) groups excluding carboxylic acids is 1. The van der Waals surface area contributed by atoms with Gasteiger partial charge in [-0.05, 0) is 51.7 Å². The molecule has 2 aromatic rings. The van der Waals surface area contributed by atoms with E-state index in [4.69, 9.17) is 14.0 Å². The Hall–Kier alpha value is -2.54. The SMILES string of the molecule is COc1ccc(-c2cc(C(=O)NCCCCCN(C)C)no2)cc1OC. The first-order valence-corrected chi connectivity index (χ1v) is 8.67. The van der Waals surface area contributed by atoms with Gasteiger partial charge < -0.3 is 24.2 Å². The summed E-state index contributed by atoms with van der Waals surface area (Å²) in [6, 6.07) is 7.02. The largest absolute Gasteiger partial charge is 0.493 e. The van der Waals surface area contributed by atoms with Crippen LogP contribution in [0.4, 0.5) is 0 Å². The number of nitrogens with one attached hydrogen (secondary N) is 1. The van der Waals surface area contributed by atoms with E-state index >= 15 is 0 Å². The van der Waals surface area contributed by atoms with Crippen molar-refractivity contribution in [2.45, 2.75) is 19.3 Å². The van der Waals surface area contributed by atoms with E-state index in [1.165, 1.54) is 0 Å². The molecule has 0 spiro atoms. The van der Waals surface area contributed by atoms with Crippen LogP contribution >= 0.6 is 0 Å². The molecule has 1 aromatic heterocycles. The van der Waals surface area contributed by atoms with Crippen molar-refractivity contribution in [1.29, 1.82) is 0 Å². The Kier molecular flexibility index (Phi) is 7.47. The quantitative estimate of drug-likeness (QED) is 0.656. The summed E-state index contributed by atoms with van der Waals surface area (Å²) in [7, 11) is 7.26. The molecule has 0 unspecified atom stereocenters. The number of aromatic nitrogens is 1. The van der Waals surface area contributed by atoms with Gasteiger partial charge in [0.05, 0.1) is 14.2 Å². The van der Waals surface area contributed by atoms with Crippen LogP contribution in [-0.2, 0) is 0 Å². The number of carbonyl (C=O) groups is 1. The van der Waals surface area contributed by atoms with Crippen molar-refractivity contribution in [1.82, 2.24) is 15.4 Å². The van der Waals surface area contributed by atoms with Crippen molar-refractivity contribution < 1.29 is 18.8 Å². The van der Waals surface area contributed by atoms with Crippen LogP contribution in [0.2, 0.25) is 0 Å². The third-order valence-electron chi connectivity index (χ3n) is 3.98. The number of amides is 1. The molecule has 0 saturated carbocycles. The molecular formula is C19H27N3O4. The fourth-order valence-electron chi connectivity index (χ4n) is 2.53. The number of benzene rings is 1. The maximum absolute atomic E-state index is 12.2. The monoisotopic (exact) mass is 361 g/mol. The molecule has 7 nitrogen and oxygen atoms in total. The maximum Gasteiger partial charge on any atom is 0.273 e. The van der Waals surface area contributed by atoms with Gasteiger partial charge in [-0.2, -0.15) is 0 Å². The Morgan fingerprint density at radius 1 is 1.12 bits per heavy atom. The summed E-state index contributed by atoms with van der Waals surface area (Å²) in [5.74, 6) is 1.49. The lowest BCUT2D eigenvalue weighted by Crippen LogP contribution is -2.24. The van der Waals surface area contributed by atoms with E-state index in [2.05, 4.69) is 29.5 Å². The van der Waals surface area contributed by atoms with Crippen LogP contribution in [0.5, 0.6) is 11.5 Å². The molecule has 0 aliphatic heterocycles. The highest BCUT2D eigenvalue weighted by atomic mass is 16.5. The van der Waals surface area contributed by atoms with Gasteiger partial charge in [-0.25, -0.2) is 0 Å². The van der Waals surface area contributed by atoms with Gasteiger partial charge in [0.15, 0.2) is 23.0 Å². The van der Waals surface area contributed by atoms with Gasteiger partial charge in [-0.1, -0.05) is 11.6 Å². The Morgan fingerprint density at radius 2 is 1.88 bits per heavy atom. The predicted octanol–water partition coefficient (Wildman–Crippen LogP) is 2.82. The second kappa shape index (κ2) is 9.82. The highest BCUT2D eigenvalue weighted by Crippen LogP contribution is 2.32. The van der Waals surface area contributed by atoms with Crippen LogP contribution in [0.1, 0.15) is 29.8 Å². The van der Waals surface area contributed by atoms with E-state index in [0.29, 0.717) is 23.8 Å². The van der Waals surface area contributed by atoms with Gasteiger partial charge in [0.1, 0.15) is 0 Å². The number of hydrogen-bond acceptors (Lipinski definition) is 6. The summed E-state index contributed by atoms with van der Waals surface area (Å²) in [5, 5.41) is 6.74. The summed E-state index contributed by atoms with van der Waals surface area (Å²) in [4.78, 5) is 14.3. The molecule has 142 valence electrons. The lowest BCUT2D eigenvalue weighted by atomic mass is 10.1. The fraction of sp³-hybridized carbons (Fsp3) is 0.474. The van der Waals surface area contributed by atoms with Crippen LogP contribution in [0, 0.1) is 0 Å². The van der Waals surface area contributed by atoms with Crippen molar-refractivity contribution in [3.8, 4) is 22.8 Å². The van der Waals surface area contributed by atoms with E-state index in [0.717, 1.165) is 31.4 Å². The highest BCUT2D eigenvalue weighted by molar-refractivity contribution is 5.93. The molecule has 0 aliphatic rings. The minimum atomic E-state index is -0.229. The molecule has 1 aromatic carbocycles. The molecule has 0 aliphatic carbocycles. The third-order valence-corrected chi connectivity index (χ3v) is 3.98. The highest BCUT2D eigenvalue weighted by Gasteiger charge is 2.15. The van der Waals surface area contributed by atoms with E-state index < -0.39 is 0 Å². The van der Waals surface area contributed by atoms with Crippen molar-refractivity contribution in [2.24, 2.45) is 0 Å². The van der Waals surface area contributed by atoms with Crippen molar-refractivity contribution in [2.75, 3.05) is 41.4 Å². The topological polar surface area (TPSA) is 76.8 Å². The lowest BCUT2D eigenvalue weighted by molar-refractivity contribution is 0.0944. The fourth-order valence-corrected chi connectivity index (χ4v) is 2.53. The Bertz CT molecular complexity index is 713. The molecule has 26 heavy (non-hydrogen) atoms. The molecule has 1 heterocycles. The normalized spacial score (nSPS) is 10.8. The Labute approximate surface area is 154 Å². The van der Waals surface area contributed by atoms with Crippen LogP contribution in [0.25, 0.3) is 11.3 Å². The van der Waals surface area contributed by atoms with Gasteiger partial charge in [0.2, 0.25) is 0 Å². The van der Waals surface area contributed by atoms with Gasteiger partial charge in [0.25, 0.3) is 5.91 Å². The third kappa shape index (κ3) is 5.49. The number of unbranched alkanes of at least 4 members (excludes halogenated alkanes) is 2. The first-order valence-electron chi connectivity index (χ1n) is 8.67. The number of rotatable bonds is 10. The van der Waals surface area contributed by atoms with Crippen molar-refractivity contribution in [3.05, 3.63) is 30.0 Å². The summed E-state index contributed by atoms with van der Waals surface area (Å²) in [6.07, 6.45) is 3.14. The molecule has 1 N–H and O–H groups in total. The molecule has 7 heteroatoms. The standard InChI is InChI=1S/C19H27N3O4/c1-22(2)11-7-5-6-10-20-19(23)15-13-17(26-21-15)14-8-9-16(24-3)18(12-14)25-4/h8-9,12-13H,5-7,10-11H2,1-4H3,(H,20,23). The van der Waals surface area contributed by atoms with E-state index in [1.807, 2.05) is 6.07 Å². The Morgan fingerprint density at radius 3 is 2.58 bits per heavy atom. The zero-order chi connectivity index (χ0) is 18.9.